The maximum atomic E-state index is 11.7. The van der Waals surface area contributed by atoms with E-state index in [2.05, 4.69) is 20.0 Å². The van der Waals surface area contributed by atoms with Gasteiger partial charge in [0, 0.05) is 18.7 Å². The Kier molecular flexibility index (Phi) is 4.79. The average molecular weight is 326 g/mol. The summed E-state index contributed by atoms with van der Waals surface area (Å²) in [5, 5.41) is 12.2. The summed E-state index contributed by atoms with van der Waals surface area (Å²) in [6.45, 7) is 1.65. The van der Waals surface area contributed by atoms with Crippen molar-refractivity contribution in [2.24, 2.45) is 0 Å². The molecule has 4 N–H and O–H groups in total. The van der Waals surface area contributed by atoms with E-state index >= 15 is 0 Å². The van der Waals surface area contributed by atoms with Gasteiger partial charge in [-0.05, 0) is 25.1 Å². The predicted molar refractivity (Wildman–Crippen MR) is 82.8 cm³/mol. The molecule has 0 aliphatic heterocycles. The second kappa shape index (κ2) is 6.42. The predicted octanol–water partition coefficient (Wildman–Crippen LogP) is 0.494. The smallest absolute Gasteiger partial charge is 0.225 e. The Morgan fingerprint density at radius 3 is 2.82 bits per heavy atom. The number of aromatic nitrogens is 2. The van der Waals surface area contributed by atoms with Gasteiger partial charge < -0.3 is 15.4 Å². The number of carbonyl (C=O) groups excluding carboxylic acids is 1. The number of aromatic amines is 1. The van der Waals surface area contributed by atoms with E-state index in [4.69, 9.17) is 0 Å². The fourth-order valence-corrected chi connectivity index (χ4v) is 2.35. The Labute approximate surface area is 128 Å². The number of benzene rings is 1. The van der Waals surface area contributed by atoms with E-state index in [-0.39, 0.29) is 18.9 Å². The molecule has 0 radical (unpaired) electrons. The highest BCUT2D eigenvalue weighted by Gasteiger charge is 2.09. The number of imidazole rings is 1. The fourth-order valence-electron chi connectivity index (χ4n) is 1.88. The minimum absolute atomic E-state index is 0.0347. The van der Waals surface area contributed by atoms with E-state index in [1.54, 1.807) is 25.1 Å². The minimum atomic E-state index is -3.29. The highest BCUT2D eigenvalue weighted by Crippen LogP contribution is 2.19. The largest absolute Gasteiger partial charge is 0.385 e. The van der Waals surface area contributed by atoms with E-state index in [0.717, 1.165) is 6.26 Å². The second-order valence-corrected chi connectivity index (χ2v) is 6.83. The number of nitrogens with one attached hydrogen (secondary N) is 3. The van der Waals surface area contributed by atoms with Crippen LogP contribution in [0.3, 0.4) is 0 Å². The zero-order chi connectivity index (χ0) is 16.3. The Hall–Kier alpha value is -1.97. The van der Waals surface area contributed by atoms with Gasteiger partial charge >= 0.3 is 0 Å². The molecular weight excluding hydrogens is 308 g/mol. The van der Waals surface area contributed by atoms with Crippen molar-refractivity contribution in [3.63, 3.8) is 0 Å². The Morgan fingerprint density at radius 1 is 1.45 bits per heavy atom. The zero-order valence-corrected chi connectivity index (χ0v) is 13.1. The molecule has 0 fully saturated rings. The van der Waals surface area contributed by atoms with Gasteiger partial charge in [0.15, 0.2) is 0 Å². The number of aliphatic hydroxyl groups excluding tert-OH is 1. The Bertz CT molecular complexity index is 782. The first-order valence-corrected chi connectivity index (χ1v) is 8.56. The molecule has 2 aromatic rings. The van der Waals surface area contributed by atoms with Crippen LogP contribution in [0.5, 0.6) is 0 Å². The summed E-state index contributed by atoms with van der Waals surface area (Å²) in [6.07, 6.45) is 0.372. The normalized spacial score (nSPS) is 13.2. The first kappa shape index (κ1) is 16.4. The summed E-state index contributed by atoms with van der Waals surface area (Å²) in [4.78, 5) is 18.9. The van der Waals surface area contributed by atoms with Crippen molar-refractivity contribution in [3.05, 3.63) is 24.0 Å². The van der Waals surface area contributed by atoms with Crippen molar-refractivity contribution in [2.75, 3.05) is 18.1 Å². The SMILES string of the molecule is CC(O)c1nc2ccc(NC(=O)CCNS(C)(=O)=O)cc2[nH]1. The third-order valence-corrected chi connectivity index (χ3v) is 3.62. The molecular formula is C13H18N4O4S. The summed E-state index contributed by atoms with van der Waals surface area (Å²) < 4.78 is 24.1. The standard InChI is InChI=1S/C13H18N4O4S/c1-8(18)13-16-10-4-3-9(7-11(10)17-13)15-12(19)5-6-14-22(2,20)21/h3-4,7-8,14,18H,5-6H2,1-2H3,(H,15,19)(H,16,17). The maximum Gasteiger partial charge on any atom is 0.225 e. The van der Waals surface area contributed by atoms with Crippen molar-refractivity contribution >= 4 is 32.7 Å². The first-order chi connectivity index (χ1) is 10.2. The van der Waals surface area contributed by atoms with Crippen LogP contribution in [0.1, 0.15) is 25.3 Å². The molecule has 0 spiro atoms. The van der Waals surface area contributed by atoms with Crippen LogP contribution >= 0.6 is 0 Å². The van der Waals surface area contributed by atoms with Gasteiger partial charge in [-0.25, -0.2) is 18.1 Å². The van der Waals surface area contributed by atoms with E-state index in [1.807, 2.05) is 0 Å². The highest BCUT2D eigenvalue weighted by atomic mass is 32.2. The average Bonchev–Trinajstić information content (AvgIpc) is 2.80. The summed E-state index contributed by atoms with van der Waals surface area (Å²) in [7, 11) is -3.29. The van der Waals surface area contributed by atoms with Crippen molar-refractivity contribution in [3.8, 4) is 0 Å². The molecule has 2 rings (SSSR count). The molecule has 22 heavy (non-hydrogen) atoms. The van der Waals surface area contributed by atoms with Crippen LogP contribution in [0, 0.1) is 0 Å². The van der Waals surface area contributed by atoms with Gasteiger partial charge in [-0.3, -0.25) is 4.79 Å². The molecule has 0 bridgehead atoms. The van der Waals surface area contributed by atoms with E-state index in [1.165, 1.54) is 0 Å². The molecule has 1 atom stereocenters. The van der Waals surface area contributed by atoms with Crippen LogP contribution in [-0.4, -0.2) is 42.2 Å². The van der Waals surface area contributed by atoms with Gasteiger partial charge in [-0.15, -0.1) is 0 Å². The lowest BCUT2D eigenvalue weighted by Crippen LogP contribution is -2.26. The molecule has 0 aliphatic rings. The van der Waals surface area contributed by atoms with Crippen molar-refractivity contribution < 1.29 is 18.3 Å². The first-order valence-electron chi connectivity index (χ1n) is 6.67. The molecule has 1 heterocycles. The van der Waals surface area contributed by atoms with Gasteiger partial charge in [0.2, 0.25) is 15.9 Å². The molecule has 8 nitrogen and oxygen atoms in total. The number of aliphatic hydroxyl groups is 1. The molecule has 1 unspecified atom stereocenters. The molecule has 0 saturated carbocycles. The van der Waals surface area contributed by atoms with Crippen LogP contribution in [0.25, 0.3) is 11.0 Å². The van der Waals surface area contributed by atoms with E-state index < -0.39 is 16.1 Å². The molecule has 1 aromatic carbocycles. The van der Waals surface area contributed by atoms with Crippen molar-refractivity contribution in [2.45, 2.75) is 19.4 Å². The quantitative estimate of drug-likeness (QED) is 0.615. The van der Waals surface area contributed by atoms with Gasteiger partial charge in [0.05, 0.1) is 17.3 Å². The van der Waals surface area contributed by atoms with Gasteiger partial charge in [0.1, 0.15) is 11.9 Å². The van der Waals surface area contributed by atoms with Gasteiger partial charge in [-0.2, -0.15) is 0 Å². The van der Waals surface area contributed by atoms with Crippen LogP contribution in [0.2, 0.25) is 0 Å². The highest BCUT2D eigenvalue weighted by molar-refractivity contribution is 7.88. The topological polar surface area (TPSA) is 124 Å². The number of hydrogen-bond acceptors (Lipinski definition) is 5. The second-order valence-electron chi connectivity index (χ2n) is 4.99. The maximum absolute atomic E-state index is 11.7. The Morgan fingerprint density at radius 2 is 2.18 bits per heavy atom. The monoisotopic (exact) mass is 326 g/mol. The van der Waals surface area contributed by atoms with Crippen LogP contribution in [0.4, 0.5) is 5.69 Å². The molecule has 9 heteroatoms. The number of nitrogens with zero attached hydrogens (tertiary/aromatic N) is 1. The fraction of sp³-hybridized carbons (Fsp3) is 0.385. The number of hydrogen-bond donors (Lipinski definition) is 4. The van der Waals surface area contributed by atoms with Gasteiger partial charge in [-0.1, -0.05) is 0 Å². The van der Waals surface area contributed by atoms with E-state index in [0.29, 0.717) is 22.5 Å². The zero-order valence-electron chi connectivity index (χ0n) is 12.3. The van der Waals surface area contributed by atoms with Crippen LogP contribution in [0.15, 0.2) is 18.2 Å². The Balaban J connectivity index is 2.00. The third-order valence-electron chi connectivity index (χ3n) is 2.90. The summed E-state index contributed by atoms with van der Waals surface area (Å²) in [5.41, 5.74) is 1.95. The minimum Gasteiger partial charge on any atom is -0.385 e. The van der Waals surface area contributed by atoms with Gasteiger partial charge in [0.25, 0.3) is 0 Å². The van der Waals surface area contributed by atoms with Crippen LogP contribution in [-0.2, 0) is 14.8 Å². The number of rotatable bonds is 6. The van der Waals surface area contributed by atoms with E-state index in [9.17, 15) is 18.3 Å². The van der Waals surface area contributed by atoms with Crippen molar-refractivity contribution in [1.82, 2.24) is 14.7 Å². The lowest BCUT2D eigenvalue weighted by atomic mass is 10.2. The number of sulfonamides is 1. The molecule has 0 saturated heterocycles. The third kappa shape index (κ3) is 4.52. The number of anilines is 1. The number of carbonyl (C=O) groups is 1. The lowest BCUT2D eigenvalue weighted by Gasteiger charge is -2.05. The lowest BCUT2D eigenvalue weighted by molar-refractivity contribution is -0.116. The molecule has 1 amide bonds. The summed E-state index contributed by atoms with van der Waals surface area (Å²) in [5.74, 6) is 0.154. The molecule has 1 aromatic heterocycles. The summed E-state index contributed by atoms with van der Waals surface area (Å²) in [6, 6.07) is 5.12. The molecule has 120 valence electrons. The van der Waals surface area contributed by atoms with Crippen molar-refractivity contribution in [1.29, 1.82) is 0 Å². The summed E-state index contributed by atoms with van der Waals surface area (Å²) >= 11 is 0. The number of fused-ring (bicyclic) bond motifs is 1. The number of amides is 1. The van der Waals surface area contributed by atoms with Crippen LogP contribution < -0.4 is 10.0 Å². The number of H-pyrrole nitrogens is 1. The molecule has 0 aliphatic carbocycles.